The van der Waals surface area contributed by atoms with E-state index in [-0.39, 0.29) is 17.9 Å². The molecule has 1 aliphatic rings. The van der Waals surface area contributed by atoms with Crippen LogP contribution in [0.2, 0.25) is 0 Å². The topological polar surface area (TPSA) is 64.7 Å². The average molecular weight is 487 g/mol. The Morgan fingerprint density at radius 2 is 1.45 bits per heavy atom. The third-order valence-corrected chi connectivity index (χ3v) is 6.42. The Labute approximate surface area is 193 Å². The van der Waals surface area contributed by atoms with Gasteiger partial charge < -0.3 is 10.6 Å². The molecule has 2 amide bonds. The van der Waals surface area contributed by atoms with Crippen LogP contribution in [0.3, 0.4) is 0 Å². The van der Waals surface area contributed by atoms with Crippen LogP contribution in [0.15, 0.2) is 46.9 Å². The smallest absolute Gasteiger partial charge is 0.238 e. The Hall–Kier alpha value is -2.22. The minimum Gasteiger partial charge on any atom is -0.348 e. The molecule has 0 radical (unpaired) electrons. The molecule has 0 aliphatic carbocycles. The maximum atomic E-state index is 12.5. The van der Waals surface area contributed by atoms with Crippen molar-refractivity contribution in [2.24, 2.45) is 0 Å². The van der Waals surface area contributed by atoms with E-state index in [9.17, 15) is 9.59 Å². The molecule has 166 valence electrons. The average Bonchev–Trinajstić information content (AvgIpc) is 2.72. The molecule has 2 aromatic carbocycles. The first-order valence-electron chi connectivity index (χ1n) is 10.7. The summed E-state index contributed by atoms with van der Waals surface area (Å²) in [5.41, 5.74) is 4.11. The van der Waals surface area contributed by atoms with Crippen LogP contribution in [0.5, 0.6) is 0 Å². The molecule has 1 fully saturated rings. The lowest BCUT2D eigenvalue weighted by Crippen LogP contribution is -2.51. The molecule has 31 heavy (non-hydrogen) atoms. The van der Waals surface area contributed by atoms with E-state index in [1.165, 1.54) is 0 Å². The zero-order chi connectivity index (χ0) is 22.4. The number of nitrogens with zero attached hydrogens (tertiary/aromatic N) is 2. The highest BCUT2D eigenvalue weighted by Gasteiger charge is 2.22. The molecule has 3 rings (SSSR count). The molecule has 2 N–H and O–H groups in total. The van der Waals surface area contributed by atoms with E-state index in [1.54, 1.807) is 0 Å². The molecule has 0 saturated carbocycles. The van der Waals surface area contributed by atoms with Gasteiger partial charge in [0, 0.05) is 36.3 Å². The fraction of sp³-hybridized carbons (Fsp3) is 0.417. The number of hydrogen-bond donors (Lipinski definition) is 2. The van der Waals surface area contributed by atoms with Crippen molar-refractivity contribution in [3.8, 4) is 0 Å². The molecule has 7 heteroatoms. The third kappa shape index (κ3) is 6.63. The van der Waals surface area contributed by atoms with Gasteiger partial charge in [0.1, 0.15) is 0 Å². The molecule has 2 aromatic rings. The highest BCUT2D eigenvalue weighted by atomic mass is 79.9. The number of amides is 2. The zero-order valence-electron chi connectivity index (χ0n) is 18.5. The highest BCUT2D eigenvalue weighted by Crippen LogP contribution is 2.22. The number of rotatable bonds is 7. The van der Waals surface area contributed by atoms with Gasteiger partial charge in [-0.3, -0.25) is 19.4 Å². The minimum absolute atomic E-state index is 0.00542. The van der Waals surface area contributed by atoms with E-state index >= 15 is 0 Å². The van der Waals surface area contributed by atoms with Crippen LogP contribution >= 0.6 is 15.9 Å². The summed E-state index contributed by atoms with van der Waals surface area (Å²) in [6, 6.07) is 13.9. The number of benzene rings is 2. The molecule has 1 aliphatic heterocycles. The summed E-state index contributed by atoms with van der Waals surface area (Å²) in [5.74, 6) is 0.0235. The molecule has 0 bridgehead atoms. The molecule has 0 spiro atoms. The number of para-hydroxylation sites is 1. The van der Waals surface area contributed by atoms with Crippen LogP contribution in [0, 0.1) is 13.8 Å². The van der Waals surface area contributed by atoms with Gasteiger partial charge in [0.25, 0.3) is 0 Å². The van der Waals surface area contributed by atoms with Gasteiger partial charge in [-0.1, -0.05) is 52.3 Å². The summed E-state index contributed by atoms with van der Waals surface area (Å²) < 4.78 is 0.996. The van der Waals surface area contributed by atoms with Gasteiger partial charge in [-0.25, -0.2) is 0 Å². The second-order valence-corrected chi connectivity index (χ2v) is 9.03. The van der Waals surface area contributed by atoms with Crippen molar-refractivity contribution in [1.82, 2.24) is 15.1 Å². The van der Waals surface area contributed by atoms with Crippen LogP contribution in [0.4, 0.5) is 5.69 Å². The minimum atomic E-state index is -0.0574. The first kappa shape index (κ1) is 23.4. The van der Waals surface area contributed by atoms with Crippen molar-refractivity contribution in [1.29, 1.82) is 0 Å². The van der Waals surface area contributed by atoms with E-state index in [1.807, 2.05) is 63.2 Å². The van der Waals surface area contributed by atoms with E-state index in [0.29, 0.717) is 13.1 Å². The van der Waals surface area contributed by atoms with Gasteiger partial charge >= 0.3 is 0 Å². The van der Waals surface area contributed by atoms with Crippen molar-refractivity contribution in [3.63, 3.8) is 0 Å². The monoisotopic (exact) mass is 486 g/mol. The van der Waals surface area contributed by atoms with Crippen LogP contribution in [0.1, 0.15) is 29.7 Å². The summed E-state index contributed by atoms with van der Waals surface area (Å²) in [4.78, 5) is 29.3. The normalized spacial score (nSPS) is 16.0. The summed E-state index contributed by atoms with van der Waals surface area (Å²) in [6.07, 6.45) is 0. The number of piperazine rings is 1. The van der Waals surface area contributed by atoms with E-state index < -0.39 is 0 Å². The highest BCUT2D eigenvalue weighted by molar-refractivity contribution is 9.10. The van der Waals surface area contributed by atoms with Gasteiger partial charge in [0.05, 0.1) is 19.1 Å². The number of nitrogens with one attached hydrogen (secondary N) is 2. The van der Waals surface area contributed by atoms with Gasteiger partial charge in [0.15, 0.2) is 0 Å². The summed E-state index contributed by atoms with van der Waals surface area (Å²) in [7, 11) is 0. The maximum absolute atomic E-state index is 12.5. The fourth-order valence-corrected chi connectivity index (χ4v) is 4.52. The molecular formula is C24H31BrN4O2. The molecule has 0 aromatic heterocycles. The predicted molar refractivity (Wildman–Crippen MR) is 128 cm³/mol. The van der Waals surface area contributed by atoms with Crippen LogP contribution in [-0.2, 0) is 9.59 Å². The molecular weight excluding hydrogens is 456 g/mol. The fourth-order valence-electron chi connectivity index (χ4n) is 3.89. The van der Waals surface area contributed by atoms with Gasteiger partial charge in [0.2, 0.25) is 11.8 Å². The number of halogens is 1. The number of carbonyl (C=O) groups excluding carboxylic acids is 2. The Kier molecular flexibility index (Phi) is 8.23. The number of aryl methyl sites for hydroxylation is 2. The SMILES string of the molecule is Cc1cccc(C)c1NC(=O)CN1CCN(CC(=O)N[C@@H](C)c2ccccc2Br)CC1. The Balaban J connectivity index is 1.41. The second kappa shape index (κ2) is 10.9. The number of carbonyl (C=O) groups is 2. The van der Waals surface area contributed by atoms with Crippen LogP contribution in [0.25, 0.3) is 0 Å². The number of anilines is 1. The summed E-state index contributed by atoms with van der Waals surface area (Å²) >= 11 is 3.54. The van der Waals surface area contributed by atoms with Crippen LogP contribution < -0.4 is 10.6 Å². The van der Waals surface area contributed by atoms with E-state index in [4.69, 9.17) is 0 Å². The molecule has 1 heterocycles. The molecule has 1 saturated heterocycles. The first-order chi connectivity index (χ1) is 14.8. The summed E-state index contributed by atoms with van der Waals surface area (Å²) in [6.45, 7) is 9.82. The molecule has 1 atom stereocenters. The summed E-state index contributed by atoms with van der Waals surface area (Å²) in [5, 5.41) is 6.13. The maximum Gasteiger partial charge on any atom is 0.238 e. The van der Waals surface area contributed by atoms with Gasteiger partial charge in [-0.15, -0.1) is 0 Å². The lowest BCUT2D eigenvalue weighted by atomic mass is 10.1. The van der Waals surface area contributed by atoms with Crippen molar-refractivity contribution < 1.29 is 9.59 Å². The largest absolute Gasteiger partial charge is 0.348 e. The van der Waals surface area contributed by atoms with Crippen molar-refractivity contribution in [3.05, 3.63) is 63.6 Å². The van der Waals surface area contributed by atoms with Gasteiger partial charge in [-0.2, -0.15) is 0 Å². The molecule has 0 unspecified atom stereocenters. The van der Waals surface area contributed by atoms with Gasteiger partial charge in [-0.05, 0) is 43.5 Å². The lowest BCUT2D eigenvalue weighted by molar-refractivity contribution is -0.124. The second-order valence-electron chi connectivity index (χ2n) is 8.18. The Bertz CT molecular complexity index is 905. The third-order valence-electron chi connectivity index (χ3n) is 5.69. The van der Waals surface area contributed by atoms with Crippen molar-refractivity contribution in [2.45, 2.75) is 26.8 Å². The lowest BCUT2D eigenvalue weighted by Gasteiger charge is -2.34. The zero-order valence-corrected chi connectivity index (χ0v) is 20.0. The van der Waals surface area contributed by atoms with E-state index in [2.05, 4.69) is 36.4 Å². The van der Waals surface area contributed by atoms with Crippen LogP contribution in [-0.4, -0.2) is 60.9 Å². The standard InChI is InChI=1S/C24H31BrN4O2/c1-17-7-6-8-18(2)24(17)27-23(31)16-29-13-11-28(12-14-29)15-22(30)26-19(3)20-9-4-5-10-21(20)25/h4-10,19H,11-16H2,1-3H3,(H,26,30)(H,27,31)/t19-/m0/s1. The van der Waals surface area contributed by atoms with E-state index in [0.717, 1.165) is 53.0 Å². The Morgan fingerprint density at radius 3 is 2.03 bits per heavy atom. The number of hydrogen-bond acceptors (Lipinski definition) is 4. The predicted octanol–water partition coefficient (Wildman–Crippen LogP) is 3.50. The first-order valence-corrected chi connectivity index (χ1v) is 11.5. The van der Waals surface area contributed by atoms with Crippen molar-refractivity contribution in [2.75, 3.05) is 44.6 Å². The van der Waals surface area contributed by atoms with Crippen molar-refractivity contribution >= 4 is 33.4 Å². The Morgan fingerprint density at radius 1 is 0.903 bits per heavy atom. The quantitative estimate of drug-likeness (QED) is 0.628. The molecule has 6 nitrogen and oxygen atoms in total.